The van der Waals surface area contributed by atoms with E-state index in [4.69, 9.17) is 0 Å². The van der Waals surface area contributed by atoms with Crippen LogP contribution < -0.4 is 15.5 Å². The third-order valence-corrected chi connectivity index (χ3v) is 3.09. The molecule has 0 atom stereocenters. The van der Waals surface area contributed by atoms with Crippen molar-refractivity contribution in [2.75, 3.05) is 29.6 Å². The number of pyridine rings is 1. The number of anilines is 3. The van der Waals surface area contributed by atoms with Crippen LogP contribution in [0.2, 0.25) is 0 Å². The molecule has 1 aromatic carbocycles. The fourth-order valence-electron chi connectivity index (χ4n) is 1.81. The summed E-state index contributed by atoms with van der Waals surface area (Å²) in [5.74, 6) is -1.10. The normalized spacial score (nSPS) is 9.95. The van der Waals surface area contributed by atoms with Crippen LogP contribution in [0.25, 0.3) is 0 Å². The van der Waals surface area contributed by atoms with Gasteiger partial charge >= 0.3 is 11.8 Å². The molecule has 0 bridgehead atoms. The highest BCUT2D eigenvalue weighted by atomic mass is 16.2. The Hall–Kier alpha value is -2.89. The number of aromatic nitrogens is 1. The van der Waals surface area contributed by atoms with E-state index in [9.17, 15) is 9.59 Å². The summed E-state index contributed by atoms with van der Waals surface area (Å²) in [5.41, 5.74) is 2.36. The number of hydrogen-bond donors (Lipinski definition) is 2. The SMILES string of the molecule is Cc1cccnc1NC(=O)C(=O)Nc1ccc(N(C)C)cc1. The number of amides is 2. The van der Waals surface area contributed by atoms with E-state index >= 15 is 0 Å². The number of aryl methyl sites for hydroxylation is 1. The number of benzene rings is 1. The molecular weight excluding hydrogens is 280 g/mol. The van der Waals surface area contributed by atoms with E-state index in [-0.39, 0.29) is 0 Å². The molecule has 0 saturated carbocycles. The van der Waals surface area contributed by atoms with Crippen molar-refractivity contribution < 1.29 is 9.59 Å². The zero-order chi connectivity index (χ0) is 16.1. The van der Waals surface area contributed by atoms with Gasteiger partial charge in [0.25, 0.3) is 0 Å². The number of rotatable bonds is 3. The lowest BCUT2D eigenvalue weighted by molar-refractivity contribution is -0.133. The molecule has 0 fully saturated rings. The molecule has 0 aliphatic carbocycles. The molecule has 22 heavy (non-hydrogen) atoms. The highest BCUT2D eigenvalue weighted by molar-refractivity contribution is 6.43. The van der Waals surface area contributed by atoms with Crippen molar-refractivity contribution in [2.24, 2.45) is 0 Å². The molecule has 114 valence electrons. The van der Waals surface area contributed by atoms with Gasteiger partial charge in [-0.15, -0.1) is 0 Å². The summed E-state index contributed by atoms with van der Waals surface area (Å²) < 4.78 is 0. The standard InChI is InChI=1S/C16H18N4O2/c1-11-5-4-10-17-14(11)19-16(22)15(21)18-12-6-8-13(9-7-12)20(2)3/h4-10H,1-3H3,(H,18,21)(H,17,19,22). The van der Waals surface area contributed by atoms with Crippen LogP contribution in [0.5, 0.6) is 0 Å². The molecule has 2 N–H and O–H groups in total. The Balaban J connectivity index is 1.99. The third-order valence-electron chi connectivity index (χ3n) is 3.09. The van der Waals surface area contributed by atoms with E-state index in [2.05, 4.69) is 15.6 Å². The van der Waals surface area contributed by atoms with E-state index in [1.807, 2.05) is 31.1 Å². The zero-order valence-electron chi connectivity index (χ0n) is 12.8. The maximum atomic E-state index is 11.9. The molecule has 0 unspecified atom stereocenters. The Bertz CT molecular complexity index is 681. The van der Waals surface area contributed by atoms with Crippen LogP contribution in [0.1, 0.15) is 5.56 Å². The number of nitrogens with zero attached hydrogens (tertiary/aromatic N) is 2. The Morgan fingerprint density at radius 2 is 1.64 bits per heavy atom. The first kappa shape index (κ1) is 15.5. The number of nitrogens with one attached hydrogen (secondary N) is 2. The van der Waals surface area contributed by atoms with Crippen molar-refractivity contribution in [2.45, 2.75) is 6.92 Å². The second kappa shape index (κ2) is 6.71. The molecule has 1 heterocycles. The average molecular weight is 298 g/mol. The lowest BCUT2D eigenvalue weighted by Crippen LogP contribution is -2.29. The summed E-state index contributed by atoms with van der Waals surface area (Å²) in [7, 11) is 3.85. The van der Waals surface area contributed by atoms with Crippen LogP contribution in [0, 0.1) is 6.92 Å². The molecule has 0 aliphatic heterocycles. The number of hydrogen-bond acceptors (Lipinski definition) is 4. The van der Waals surface area contributed by atoms with Crippen molar-refractivity contribution in [3.63, 3.8) is 0 Å². The minimum atomic E-state index is -0.751. The Morgan fingerprint density at radius 3 is 2.23 bits per heavy atom. The number of carbonyl (C=O) groups is 2. The Labute approximate surface area is 129 Å². The van der Waals surface area contributed by atoms with Crippen molar-refractivity contribution >= 4 is 29.0 Å². The van der Waals surface area contributed by atoms with Crippen LogP contribution >= 0.6 is 0 Å². The quantitative estimate of drug-likeness (QED) is 0.850. The second-order valence-corrected chi connectivity index (χ2v) is 5.02. The highest BCUT2D eigenvalue weighted by Gasteiger charge is 2.15. The van der Waals surface area contributed by atoms with Crippen molar-refractivity contribution in [1.29, 1.82) is 0 Å². The van der Waals surface area contributed by atoms with Gasteiger partial charge in [-0.2, -0.15) is 0 Å². The maximum Gasteiger partial charge on any atom is 0.315 e. The minimum absolute atomic E-state index is 0.380. The van der Waals surface area contributed by atoms with E-state index < -0.39 is 11.8 Å². The first-order valence-corrected chi connectivity index (χ1v) is 6.78. The van der Waals surface area contributed by atoms with Gasteiger partial charge in [0.2, 0.25) is 0 Å². The van der Waals surface area contributed by atoms with Gasteiger partial charge in [0.05, 0.1) is 0 Å². The molecule has 2 aromatic rings. The molecule has 0 spiro atoms. The van der Waals surface area contributed by atoms with Crippen LogP contribution in [0.15, 0.2) is 42.6 Å². The molecule has 1 aromatic heterocycles. The molecule has 2 amide bonds. The molecule has 6 heteroatoms. The first-order chi connectivity index (χ1) is 10.5. The summed E-state index contributed by atoms with van der Waals surface area (Å²) in [6.45, 7) is 1.81. The van der Waals surface area contributed by atoms with Gasteiger partial charge < -0.3 is 15.5 Å². The monoisotopic (exact) mass is 298 g/mol. The van der Waals surface area contributed by atoms with E-state index in [1.165, 1.54) is 0 Å². The lowest BCUT2D eigenvalue weighted by Gasteiger charge is -2.13. The number of carbonyl (C=O) groups excluding carboxylic acids is 2. The van der Waals surface area contributed by atoms with Gasteiger partial charge in [0.1, 0.15) is 5.82 Å². The fourth-order valence-corrected chi connectivity index (χ4v) is 1.81. The van der Waals surface area contributed by atoms with Gasteiger partial charge in [0, 0.05) is 31.7 Å². The smallest absolute Gasteiger partial charge is 0.315 e. The summed E-state index contributed by atoms with van der Waals surface area (Å²) >= 11 is 0. The predicted octanol–water partition coefficient (Wildman–Crippen LogP) is 2.03. The molecule has 6 nitrogen and oxygen atoms in total. The van der Waals surface area contributed by atoms with Crippen LogP contribution in [-0.4, -0.2) is 30.9 Å². The van der Waals surface area contributed by atoms with E-state index in [0.717, 1.165) is 11.3 Å². The Morgan fingerprint density at radius 1 is 1.00 bits per heavy atom. The highest BCUT2D eigenvalue weighted by Crippen LogP contribution is 2.15. The molecule has 0 aliphatic rings. The van der Waals surface area contributed by atoms with Crippen LogP contribution in [-0.2, 0) is 9.59 Å². The third kappa shape index (κ3) is 3.82. The van der Waals surface area contributed by atoms with Crippen LogP contribution in [0.3, 0.4) is 0 Å². The summed E-state index contributed by atoms with van der Waals surface area (Å²) in [4.78, 5) is 29.7. The summed E-state index contributed by atoms with van der Waals surface area (Å²) in [5, 5.41) is 5.04. The fraction of sp³-hybridized carbons (Fsp3) is 0.188. The summed E-state index contributed by atoms with van der Waals surface area (Å²) in [6, 6.07) is 10.8. The average Bonchev–Trinajstić information content (AvgIpc) is 2.50. The lowest BCUT2D eigenvalue weighted by atomic mass is 10.2. The molecule has 0 radical (unpaired) electrons. The van der Waals surface area contributed by atoms with Gasteiger partial charge in [0.15, 0.2) is 0 Å². The summed E-state index contributed by atoms with van der Waals surface area (Å²) in [6.07, 6.45) is 1.56. The largest absolute Gasteiger partial charge is 0.378 e. The maximum absolute atomic E-state index is 11.9. The molecule has 0 saturated heterocycles. The Kier molecular flexibility index (Phi) is 4.73. The van der Waals surface area contributed by atoms with E-state index in [0.29, 0.717) is 11.5 Å². The van der Waals surface area contributed by atoms with Gasteiger partial charge in [-0.1, -0.05) is 6.07 Å². The molecule has 2 rings (SSSR count). The molecular formula is C16H18N4O2. The van der Waals surface area contributed by atoms with Gasteiger partial charge in [-0.05, 0) is 42.8 Å². The van der Waals surface area contributed by atoms with Crippen molar-refractivity contribution in [3.8, 4) is 0 Å². The van der Waals surface area contributed by atoms with Gasteiger partial charge in [-0.3, -0.25) is 9.59 Å². The topological polar surface area (TPSA) is 74.3 Å². The minimum Gasteiger partial charge on any atom is -0.378 e. The van der Waals surface area contributed by atoms with Gasteiger partial charge in [-0.25, -0.2) is 4.98 Å². The zero-order valence-corrected chi connectivity index (χ0v) is 12.8. The first-order valence-electron chi connectivity index (χ1n) is 6.78. The predicted molar refractivity (Wildman–Crippen MR) is 87.0 cm³/mol. The van der Waals surface area contributed by atoms with Crippen molar-refractivity contribution in [1.82, 2.24) is 4.98 Å². The second-order valence-electron chi connectivity index (χ2n) is 5.02. The van der Waals surface area contributed by atoms with Crippen LogP contribution in [0.4, 0.5) is 17.2 Å². The van der Waals surface area contributed by atoms with E-state index in [1.54, 1.807) is 37.4 Å². The van der Waals surface area contributed by atoms with Crippen molar-refractivity contribution in [3.05, 3.63) is 48.2 Å².